The first-order chi connectivity index (χ1) is 10.1. The van der Waals surface area contributed by atoms with Crippen molar-refractivity contribution in [3.8, 4) is 0 Å². The summed E-state index contributed by atoms with van der Waals surface area (Å²) in [5, 5.41) is 1.96. The van der Waals surface area contributed by atoms with Crippen molar-refractivity contribution in [2.75, 3.05) is 0 Å². The molecule has 2 N–H and O–H groups in total. The molecular weight excluding hydrogens is 280 g/mol. The Kier molecular flexibility index (Phi) is 4.08. The van der Waals surface area contributed by atoms with Crippen LogP contribution < -0.4 is 5.73 Å². The van der Waals surface area contributed by atoms with Crippen molar-refractivity contribution >= 4 is 17.2 Å². The molecule has 3 rings (SSSR count). The minimum Gasteiger partial charge on any atom is -0.334 e. The first kappa shape index (κ1) is 14.3. The number of aryl methyl sites for hydroxylation is 1. The van der Waals surface area contributed by atoms with Crippen LogP contribution in [0.5, 0.6) is 0 Å². The van der Waals surface area contributed by atoms with Crippen LogP contribution >= 0.6 is 11.3 Å². The van der Waals surface area contributed by atoms with E-state index in [-0.39, 0.29) is 5.91 Å². The smallest absolute Gasteiger partial charge is 0.245 e. The van der Waals surface area contributed by atoms with E-state index in [9.17, 15) is 4.79 Å². The lowest BCUT2D eigenvalue weighted by Crippen LogP contribution is -2.39. The molecule has 1 heterocycles. The topological polar surface area (TPSA) is 46.3 Å². The SMILES string of the molecule is Cc1cccc(CN(C(=O)C(N)c2cccs2)C2CC2)c1. The zero-order valence-electron chi connectivity index (χ0n) is 12.2. The van der Waals surface area contributed by atoms with Crippen molar-refractivity contribution in [3.05, 3.63) is 57.8 Å². The van der Waals surface area contributed by atoms with Gasteiger partial charge in [-0.25, -0.2) is 0 Å². The standard InChI is InChI=1S/C17H20N2OS/c1-12-4-2-5-13(10-12)11-19(14-7-8-14)17(20)16(18)15-6-3-9-21-15/h2-6,9-10,14,16H,7-8,11,18H2,1H3. The highest BCUT2D eigenvalue weighted by atomic mass is 32.1. The van der Waals surface area contributed by atoms with Crippen LogP contribution in [0.2, 0.25) is 0 Å². The Morgan fingerprint density at radius 3 is 2.81 bits per heavy atom. The molecule has 1 atom stereocenters. The Balaban J connectivity index is 1.77. The summed E-state index contributed by atoms with van der Waals surface area (Å²) in [6, 6.07) is 12.0. The number of nitrogens with two attached hydrogens (primary N) is 1. The third-order valence-corrected chi connectivity index (χ3v) is 4.78. The molecule has 4 heteroatoms. The largest absolute Gasteiger partial charge is 0.334 e. The number of hydrogen-bond donors (Lipinski definition) is 1. The summed E-state index contributed by atoms with van der Waals surface area (Å²) < 4.78 is 0. The molecule has 110 valence electrons. The summed E-state index contributed by atoms with van der Waals surface area (Å²) in [7, 11) is 0. The molecule has 0 aliphatic heterocycles. The van der Waals surface area contributed by atoms with Crippen molar-refractivity contribution in [2.24, 2.45) is 5.73 Å². The van der Waals surface area contributed by atoms with E-state index < -0.39 is 6.04 Å². The predicted octanol–water partition coefficient (Wildman–Crippen LogP) is 3.25. The van der Waals surface area contributed by atoms with E-state index in [1.165, 1.54) is 11.1 Å². The Bertz CT molecular complexity index is 619. The zero-order chi connectivity index (χ0) is 14.8. The van der Waals surface area contributed by atoms with E-state index in [0.717, 1.165) is 17.7 Å². The fraction of sp³-hybridized carbons (Fsp3) is 0.353. The van der Waals surface area contributed by atoms with Crippen LogP contribution in [0.15, 0.2) is 41.8 Å². The molecule has 2 aromatic rings. The second-order valence-corrected chi connectivity index (χ2v) is 6.66. The fourth-order valence-corrected chi connectivity index (χ4v) is 3.27. The van der Waals surface area contributed by atoms with Gasteiger partial charge < -0.3 is 10.6 Å². The van der Waals surface area contributed by atoms with Gasteiger partial charge in [0.1, 0.15) is 6.04 Å². The highest BCUT2D eigenvalue weighted by Gasteiger charge is 2.35. The van der Waals surface area contributed by atoms with Crippen molar-refractivity contribution in [3.63, 3.8) is 0 Å². The zero-order valence-corrected chi connectivity index (χ0v) is 13.0. The van der Waals surface area contributed by atoms with Crippen LogP contribution in [-0.4, -0.2) is 16.8 Å². The number of hydrogen-bond acceptors (Lipinski definition) is 3. The van der Waals surface area contributed by atoms with Gasteiger partial charge in [-0.05, 0) is 36.8 Å². The van der Waals surface area contributed by atoms with Gasteiger partial charge in [-0.2, -0.15) is 0 Å². The molecule has 0 saturated heterocycles. The summed E-state index contributed by atoms with van der Waals surface area (Å²) in [6.07, 6.45) is 2.18. The van der Waals surface area contributed by atoms with E-state index in [2.05, 4.69) is 25.1 Å². The molecule has 1 fully saturated rings. The van der Waals surface area contributed by atoms with Gasteiger partial charge in [0.15, 0.2) is 0 Å². The summed E-state index contributed by atoms with van der Waals surface area (Å²) in [4.78, 5) is 15.6. The maximum atomic E-state index is 12.7. The average Bonchev–Trinajstić information content (AvgIpc) is 3.17. The second-order valence-electron chi connectivity index (χ2n) is 5.68. The maximum Gasteiger partial charge on any atom is 0.245 e. The summed E-state index contributed by atoms with van der Waals surface area (Å²) in [6.45, 7) is 2.73. The van der Waals surface area contributed by atoms with Crippen LogP contribution in [0, 0.1) is 6.92 Å². The van der Waals surface area contributed by atoms with Crippen LogP contribution in [0.3, 0.4) is 0 Å². The minimum absolute atomic E-state index is 0.0430. The van der Waals surface area contributed by atoms with Gasteiger partial charge in [0.25, 0.3) is 0 Å². The molecule has 1 unspecified atom stereocenters. The quantitative estimate of drug-likeness (QED) is 0.921. The Labute approximate surface area is 129 Å². The van der Waals surface area contributed by atoms with Crippen LogP contribution in [-0.2, 0) is 11.3 Å². The van der Waals surface area contributed by atoms with Crippen molar-refractivity contribution in [1.29, 1.82) is 0 Å². The lowest BCUT2D eigenvalue weighted by molar-refractivity contribution is -0.133. The van der Waals surface area contributed by atoms with Crippen molar-refractivity contribution in [1.82, 2.24) is 4.90 Å². The molecule has 1 aliphatic carbocycles. The first-order valence-corrected chi connectivity index (χ1v) is 8.18. The highest BCUT2D eigenvalue weighted by molar-refractivity contribution is 7.10. The molecule has 3 nitrogen and oxygen atoms in total. The summed E-state index contributed by atoms with van der Waals surface area (Å²) >= 11 is 1.55. The number of carbonyl (C=O) groups is 1. The van der Waals surface area contributed by atoms with Crippen molar-refractivity contribution in [2.45, 2.75) is 38.4 Å². The molecule has 0 radical (unpaired) electrons. The molecule has 1 amide bonds. The normalized spacial score (nSPS) is 15.7. The Morgan fingerprint density at radius 1 is 1.38 bits per heavy atom. The number of rotatable bonds is 5. The third kappa shape index (κ3) is 3.34. The number of amides is 1. The van der Waals surface area contributed by atoms with E-state index in [4.69, 9.17) is 5.73 Å². The van der Waals surface area contributed by atoms with Gasteiger partial charge in [0.05, 0.1) is 0 Å². The first-order valence-electron chi connectivity index (χ1n) is 7.30. The molecule has 0 spiro atoms. The molecule has 1 aliphatic rings. The predicted molar refractivity (Wildman–Crippen MR) is 86.0 cm³/mol. The molecule has 1 aromatic carbocycles. The van der Waals surface area contributed by atoms with Gasteiger partial charge in [-0.3, -0.25) is 4.79 Å². The molecule has 0 bridgehead atoms. The fourth-order valence-electron chi connectivity index (χ4n) is 2.55. The second kappa shape index (κ2) is 6.00. The summed E-state index contributed by atoms with van der Waals surface area (Å²) in [5.74, 6) is 0.0430. The van der Waals surface area contributed by atoms with Crippen LogP contribution in [0.25, 0.3) is 0 Å². The molecule has 1 aromatic heterocycles. The third-order valence-electron chi connectivity index (χ3n) is 3.82. The van der Waals surface area contributed by atoms with E-state index in [0.29, 0.717) is 12.6 Å². The van der Waals surface area contributed by atoms with E-state index in [1.807, 2.05) is 28.5 Å². The number of thiophene rings is 1. The van der Waals surface area contributed by atoms with Gasteiger partial charge in [0.2, 0.25) is 5.91 Å². The van der Waals surface area contributed by atoms with Gasteiger partial charge >= 0.3 is 0 Å². The number of benzene rings is 1. The molecule has 21 heavy (non-hydrogen) atoms. The monoisotopic (exact) mass is 300 g/mol. The van der Waals surface area contributed by atoms with Crippen molar-refractivity contribution < 1.29 is 4.79 Å². The maximum absolute atomic E-state index is 12.7. The van der Waals surface area contributed by atoms with E-state index in [1.54, 1.807) is 11.3 Å². The molecule has 1 saturated carbocycles. The van der Waals surface area contributed by atoms with Gasteiger partial charge in [-0.1, -0.05) is 35.9 Å². The lowest BCUT2D eigenvalue weighted by atomic mass is 10.1. The minimum atomic E-state index is -0.532. The number of carbonyl (C=O) groups excluding carboxylic acids is 1. The van der Waals surface area contributed by atoms with Crippen LogP contribution in [0.1, 0.15) is 34.9 Å². The molecular formula is C17H20N2OS. The summed E-state index contributed by atoms with van der Waals surface area (Å²) in [5.41, 5.74) is 8.55. The average molecular weight is 300 g/mol. The van der Waals surface area contributed by atoms with Gasteiger partial charge in [-0.15, -0.1) is 11.3 Å². The lowest BCUT2D eigenvalue weighted by Gasteiger charge is -2.25. The Hall–Kier alpha value is -1.65. The van der Waals surface area contributed by atoms with Gasteiger partial charge in [0, 0.05) is 17.5 Å². The highest BCUT2D eigenvalue weighted by Crippen LogP contribution is 2.31. The van der Waals surface area contributed by atoms with E-state index >= 15 is 0 Å². The Morgan fingerprint density at radius 2 is 2.19 bits per heavy atom. The number of nitrogens with zero attached hydrogens (tertiary/aromatic N) is 1. The van der Waals surface area contributed by atoms with Crippen LogP contribution in [0.4, 0.5) is 0 Å².